The zero-order valence-electron chi connectivity index (χ0n) is 17.2. The summed E-state index contributed by atoms with van der Waals surface area (Å²) in [6.07, 6.45) is 3.38. The fraction of sp³-hybridized carbons (Fsp3) is 0.174. The van der Waals surface area contributed by atoms with Gasteiger partial charge < -0.3 is 10.4 Å². The Kier molecular flexibility index (Phi) is 6.27. The molecule has 0 spiro atoms. The van der Waals surface area contributed by atoms with Gasteiger partial charge in [0, 0.05) is 17.9 Å². The minimum Gasteiger partial charge on any atom is -0.477 e. The van der Waals surface area contributed by atoms with E-state index < -0.39 is 28.2 Å². The van der Waals surface area contributed by atoms with E-state index in [0.717, 1.165) is 5.56 Å². The number of rotatable bonds is 7. The Labute approximate surface area is 192 Å². The minimum absolute atomic E-state index is 0.0415. The third-order valence-electron chi connectivity index (χ3n) is 5.31. The van der Waals surface area contributed by atoms with Crippen LogP contribution in [0.3, 0.4) is 0 Å². The first kappa shape index (κ1) is 22.3. The fourth-order valence-corrected chi connectivity index (χ4v) is 5.00. The second-order valence-corrected chi connectivity index (χ2v) is 8.58. The number of non-ortho nitro benzene ring substituents is 1. The first-order valence-corrected chi connectivity index (χ1v) is 11.1. The second kappa shape index (κ2) is 9.29. The lowest BCUT2D eigenvalue weighted by molar-refractivity contribution is -0.384. The number of carbonyl (C=O) groups is 3. The highest BCUT2D eigenvalue weighted by atomic mass is 32.2. The van der Waals surface area contributed by atoms with Crippen molar-refractivity contribution in [2.24, 2.45) is 0 Å². The van der Waals surface area contributed by atoms with Crippen LogP contribution in [0.2, 0.25) is 0 Å². The minimum atomic E-state index is -1.23. The zero-order chi connectivity index (χ0) is 23.5. The highest BCUT2D eigenvalue weighted by Gasteiger charge is 2.53. The van der Waals surface area contributed by atoms with E-state index in [1.54, 1.807) is 24.3 Å². The quantitative estimate of drug-likeness (QED) is 0.365. The van der Waals surface area contributed by atoms with E-state index in [2.05, 4.69) is 5.32 Å². The molecule has 10 heteroatoms. The van der Waals surface area contributed by atoms with E-state index in [1.165, 1.54) is 28.8 Å². The maximum atomic E-state index is 12.7. The molecule has 2 aliphatic rings. The number of hydrogen-bond donors (Lipinski definition) is 2. The molecule has 2 amide bonds. The van der Waals surface area contributed by atoms with E-state index in [-0.39, 0.29) is 23.7 Å². The van der Waals surface area contributed by atoms with Gasteiger partial charge in [-0.05, 0) is 28.8 Å². The number of β-lactam (4-membered cyclic amide) rings is 1. The summed E-state index contributed by atoms with van der Waals surface area (Å²) < 4.78 is 0. The molecule has 0 aromatic heterocycles. The summed E-state index contributed by atoms with van der Waals surface area (Å²) in [6.45, 7) is 0. The van der Waals surface area contributed by atoms with Gasteiger partial charge in [0.25, 0.3) is 11.6 Å². The Bertz CT molecular complexity index is 1180. The molecule has 33 heavy (non-hydrogen) atoms. The maximum absolute atomic E-state index is 12.7. The summed E-state index contributed by atoms with van der Waals surface area (Å²) in [5.74, 6) is -1.66. The van der Waals surface area contributed by atoms with Crippen LogP contribution < -0.4 is 5.32 Å². The van der Waals surface area contributed by atoms with Gasteiger partial charge in [-0.25, -0.2) is 4.79 Å². The number of aliphatic carboxylic acids is 1. The van der Waals surface area contributed by atoms with Crippen molar-refractivity contribution in [3.63, 3.8) is 0 Å². The smallest absolute Gasteiger partial charge is 0.352 e. The third-order valence-corrected chi connectivity index (χ3v) is 6.61. The second-order valence-electron chi connectivity index (χ2n) is 7.48. The summed E-state index contributed by atoms with van der Waals surface area (Å²) in [5.41, 5.74) is 1.77. The molecule has 9 nitrogen and oxygen atoms in total. The number of amides is 2. The van der Waals surface area contributed by atoms with E-state index in [1.807, 2.05) is 30.3 Å². The molecule has 168 valence electrons. The standard InChI is InChI=1S/C23H19N3O6S/c27-18(12-15-4-2-1-3-5-15)24-19-21(28)25-20(23(29)30)16(13-33-22(19)25)9-6-14-7-10-17(11-8-14)26(31)32/h1-11,19,22H,12-13H2,(H,24,27)(H,29,30)/b9-6+. The number of carboxylic acid groups (broad SMARTS) is 1. The monoisotopic (exact) mass is 465 g/mol. The lowest BCUT2D eigenvalue weighted by Gasteiger charge is -2.49. The van der Waals surface area contributed by atoms with Gasteiger partial charge >= 0.3 is 5.97 Å². The van der Waals surface area contributed by atoms with Crippen molar-refractivity contribution >= 4 is 41.3 Å². The van der Waals surface area contributed by atoms with Gasteiger partial charge in [0.15, 0.2) is 0 Å². The average molecular weight is 465 g/mol. The topological polar surface area (TPSA) is 130 Å². The highest BCUT2D eigenvalue weighted by Crippen LogP contribution is 2.40. The molecule has 0 aliphatic carbocycles. The number of benzene rings is 2. The number of nitrogens with one attached hydrogen (secondary N) is 1. The number of thioether (sulfide) groups is 1. The van der Waals surface area contributed by atoms with Gasteiger partial charge in [-0.2, -0.15) is 0 Å². The van der Waals surface area contributed by atoms with E-state index >= 15 is 0 Å². The Hall–Kier alpha value is -3.92. The van der Waals surface area contributed by atoms with Crippen molar-refractivity contribution in [2.75, 3.05) is 5.75 Å². The first-order valence-electron chi connectivity index (χ1n) is 10.0. The summed E-state index contributed by atoms with van der Waals surface area (Å²) in [6, 6.07) is 14.2. The lowest BCUT2D eigenvalue weighted by atomic mass is 10.0. The molecular weight excluding hydrogens is 446 g/mol. The van der Waals surface area contributed by atoms with Crippen molar-refractivity contribution in [1.29, 1.82) is 0 Å². The Morgan fingerprint density at radius 2 is 1.85 bits per heavy atom. The van der Waals surface area contributed by atoms with Crippen LogP contribution in [0.1, 0.15) is 11.1 Å². The van der Waals surface area contributed by atoms with Gasteiger partial charge in [-0.3, -0.25) is 24.6 Å². The molecule has 2 heterocycles. The predicted octanol–water partition coefficient (Wildman–Crippen LogP) is 2.59. The number of carboxylic acids is 1. The normalized spacial score (nSPS) is 19.8. The molecule has 0 bridgehead atoms. The van der Waals surface area contributed by atoms with Crippen LogP contribution in [0.15, 0.2) is 71.9 Å². The van der Waals surface area contributed by atoms with Crippen LogP contribution in [0.25, 0.3) is 6.08 Å². The fourth-order valence-electron chi connectivity index (χ4n) is 3.68. The summed E-state index contributed by atoms with van der Waals surface area (Å²) in [5, 5.41) is 22.8. The van der Waals surface area contributed by atoms with Crippen LogP contribution in [0.4, 0.5) is 5.69 Å². The van der Waals surface area contributed by atoms with E-state index in [4.69, 9.17) is 0 Å². The molecule has 2 unspecified atom stereocenters. The van der Waals surface area contributed by atoms with Gasteiger partial charge in [-0.15, -0.1) is 11.8 Å². The van der Waals surface area contributed by atoms with Gasteiger partial charge in [-0.1, -0.05) is 42.5 Å². The SMILES string of the molecule is O=C(Cc1ccccc1)NC1C(=O)N2C(C(=O)O)=C(/C=C/c3ccc([N+](=O)[O-])cc3)CSC12. The van der Waals surface area contributed by atoms with Crippen molar-refractivity contribution in [2.45, 2.75) is 17.8 Å². The van der Waals surface area contributed by atoms with Gasteiger partial charge in [0.05, 0.1) is 11.3 Å². The number of nitrogens with zero attached hydrogens (tertiary/aromatic N) is 2. The van der Waals surface area contributed by atoms with E-state index in [9.17, 15) is 29.6 Å². The Morgan fingerprint density at radius 1 is 1.15 bits per heavy atom. The molecule has 1 saturated heterocycles. The van der Waals surface area contributed by atoms with Crippen molar-refractivity contribution in [3.8, 4) is 0 Å². The number of carbonyl (C=O) groups excluding carboxylic acids is 2. The molecule has 0 saturated carbocycles. The van der Waals surface area contributed by atoms with Gasteiger partial charge in [0.2, 0.25) is 5.91 Å². The summed E-state index contributed by atoms with van der Waals surface area (Å²) >= 11 is 1.37. The maximum Gasteiger partial charge on any atom is 0.352 e. The number of nitro benzene ring substituents is 1. The third kappa shape index (κ3) is 4.65. The molecule has 2 N–H and O–H groups in total. The summed E-state index contributed by atoms with van der Waals surface area (Å²) in [4.78, 5) is 48.5. The van der Waals surface area contributed by atoms with E-state index in [0.29, 0.717) is 16.9 Å². The molecule has 2 atom stereocenters. The van der Waals surface area contributed by atoms with Crippen LogP contribution in [-0.4, -0.2) is 49.9 Å². The zero-order valence-corrected chi connectivity index (χ0v) is 18.0. The summed E-state index contributed by atoms with van der Waals surface area (Å²) in [7, 11) is 0. The number of fused-ring (bicyclic) bond motifs is 1. The average Bonchev–Trinajstić information content (AvgIpc) is 2.81. The van der Waals surface area contributed by atoms with Crippen molar-refractivity contribution < 1.29 is 24.4 Å². The number of allylic oxidation sites excluding steroid dienone is 1. The Balaban J connectivity index is 1.47. The number of nitro groups is 1. The van der Waals surface area contributed by atoms with Crippen LogP contribution in [-0.2, 0) is 20.8 Å². The number of hydrogen-bond acceptors (Lipinski definition) is 6. The molecule has 1 fully saturated rings. The molecule has 0 radical (unpaired) electrons. The van der Waals surface area contributed by atoms with Crippen molar-refractivity contribution in [3.05, 3.63) is 93.2 Å². The molecule has 2 aliphatic heterocycles. The predicted molar refractivity (Wildman–Crippen MR) is 122 cm³/mol. The van der Waals surface area contributed by atoms with Crippen LogP contribution in [0.5, 0.6) is 0 Å². The largest absolute Gasteiger partial charge is 0.477 e. The molecule has 2 aromatic carbocycles. The molecular formula is C23H19N3O6S. The molecule has 2 aromatic rings. The van der Waals surface area contributed by atoms with Crippen LogP contribution >= 0.6 is 11.8 Å². The lowest BCUT2D eigenvalue weighted by Crippen LogP contribution is -2.70. The van der Waals surface area contributed by atoms with Gasteiger partial charge in [0.1, 0.15) is 17.1 Å². The first-order chi connectivity index (χ1) is 15.8. The highest BCUT2D eigenvalue weighted by molar-refractivity contribution is 8.00. The Morgan fingerprint density at radius 3 is 2.48 bits per heavy atom. The molecule has 4 rings (SSSR count). The van der Waals surface area contributed by atoms with Crippen LogP contribution in [0, 0.1) is 10.1 Å². The van der Waals surface area contributed by atoms with Crippen molar-refractivity contribution in [1.82, 2.24) is 10.2 Å².